The van der Waals surface area contributed by atoms with Crippen molar-refractivity contribution in [3.8, 4) is 11.1 Å². The van der Waals surface area contributed by atoms with Gasteiger partial charge in [-0.25, -0.2) is 4.98 Å². The summed E-state index contributed by atoms with van der Waals surface area (Å²) in [5.74, 6) is 0.482. The third kappa shape index (κ3) is 5.01. The van der Waals surface area contributed by atoms with Gasteiger partial charge in [0, 0.05) is 36.3 Å². The molecule has 0 atom stereocenters. The summed E-state index contributed by atoms with van der Waals surface area (Å²) in [4.78, 5) is 32.7. The van der Waals surface area contributed by atoms with Crippen LogP contribution in [0.15, 0.2) is 67.1 Å². The average Bonchev–Trinajstić information content (AvgIpc) is 2.73. The van der Waals surface area contributed by atoms with Gasteiger partial charge in [0.15, 0.2) is 0 Å². The van der Waals surface area contributed by atoms with Gasteiger partial charge >= 0.3 is 0 Å². The Hall–Kier alpha value is -3.54. The van der Waals surface area contributed by atoms with Gasteiger partial charge in [-0.2, -0.15) is 0 Å². The molecule has 6 heteroatoms. The number of nitrogens with zero attached hydrogens (tertiary/aromatic N) is 2. The number of aromatic nitrogens is 2. The van der Waals surface area contributed by atoms with Crippen molar-refractivity contribution in [2.24, 2.45) is 5.92 Å². The molecule has 0 radical (unpaired) electrons. The van der Waals surface area contributed by atoms with E-state index >= 15 is 0 Å². The van der Waals surface area contributed by atoms with Gasteiger partial charge in [0.2, 0.25) is 0 Å². The van der Waals surface area contributed by atoms with Crippen LogP contribution in [-0.2, 0) is 0 Å². The molecule has 142 valence electrons. The van der Waals surface area contributed by atoms with Gasteiger partial charge in [-0.3, -0.25) is 14.6 Å². The lowest BCUT2D eigenvalue weighted by Crippen LogP contribution is -2.27. The number of rotatable bonds is 6. The summed E-state index contributed by atoms with van der Waals surface area (Å²) in [5.41, 5.74) is 2.81. The van der Waals surface area contributed by atoms with E-state index in [1.54, 1.807) is 36.7 Å². The van der Waals surface area contributed by atoms with E-state index in [2.05, 4.69) is 34.4 Å². The van der Waals surface area contributed by atoms with Crippen molar-refractivity contribution in [3.05, 3.63) is 78.2 Å². The molecule has 0 spiro atoms. The molecule has 6 nitrogen and oxygen atoms in total. The van der Waals surface area contributed by atoms with Crippen molar-refractivity contribution < 1.29 is 9.59 Å². The summed E-state index contributed by atoms with van der Waals surface area (Å²) >= 11 is 0. The van der Waals surface area contributed by atoms with Gasteiger partial charge in [-0.1, -0.05) is 26.0 Å². The largest absolute Gasteiger partial charge is 0.352 e. The maximum atomic E-state index is 12.3. The van der Waals surface area contributed by atoms with Crippen LogP contribution in [0.2, 0.25) is 0 Å². The fourth-order valence-electron chi connectivity index (χ4n) is 2.56. The van der Waals surface area contributed by atoms with Gasteiger partial charge in [-0.15, -0.1) is 0 Å². The standard InChI is InChI=1S/C22H22N4O2/c1-15(2)12-25-21(27)17-6-3-5-16(11-17)18-8-9-20(24-14-18)26-22(28)19-7-4-10-23-13-19/h3-11,13-15H,12H2,1-2H3,(H,25,27)(H,24,26,28). The van der Waals surface area contributed by atoms with Crippen molar-refractivity contribution in [2.45, 2.75) is 13.8 Å². The summed E-state index contributed by atoms with van der Waals surface area (Å²) in [6.45, 7) is 4.74. The molecule has 28 heavy (non-hydrogen) atoms. The summed E-state index contributed by atoms with van der Waals surface area (Å²) < 4.78 is 0. The van der Waals surface area contributed by atoms with Gasteiger partial charge in [-0.05, 0) is 47.9 Å². The quantitative estimate of drug-likeness (QED) is 0.688. The fraction of sp³-hybridized carbons (Fsp3) is 0.182. The second kappa shape index (κ2) is 8.90. The van der Waals surface area contributed by atoms with E-state index in [0.29, 0.717) is 29.4 Å². The predicted octanol–water partition coefficient (Wildman–Crippen LogP) is 3.78. The molecule has 2 amide bonds. The molecule has 1 aromatic carbocycles. The first-order valence-corrected chi connectivity index (χ1v) is 9.09. The van der Waals surface area contributed by atoms with Gasteiger partial charge in [0.1, 0.15) is 5.82 Å². The van der Waals surface area contributed by atoms with Crippen molar-refractivity contribution >= 4 is 17.6 Å². The summed E-state index contributed by atoms with van der Waals surface area (Å²) in [5, 5.41) is 5.66. The van der Waals surface area contributed by atoms with E-state index in [4.69, 9.17) is 0 Å². The Labute approximate surface area is 164 Å². The van der Waals surface area contributed by atoms with Crippen LogP contribution in [0.3, 0.4) is 0 Å². The second-order valence-corrected chi connectivity index (χ2v) is 6.81. The first-order valence-electron chi connectivity index (χ1n) is 9.09. The zero-order valence-electron chi connectivity index (χ0n) is 15.8. The molecule has 0 unspecified atom stereocenters. The third-order valence-electron chi connectivity index (χ3n) is 4.06. The summed E-state index contributed by atoms with van der Waals surface area (Å²) in [7, 11) is 0. The van der Waals surface area contributed by atoms with Crippen LogP contribution in [0.1, 0.15) is 34.6 Å². The molecule has 0 aliphatic carbocycles. The van der Waals surface area contributed by atoms with E-state index < -0.39 is 0 Å². The van der Waals surface area contributed by atoms with Crippen LogP contribution in [0.4, 0.5) is 5.82 Å². The average molecular weight is 374 g/mol. The lowest BCUT2D eigenvalue weighted by atomic mass is 10.0. The maximum absolute atomic E-state index is 12.3. The van der Waals surface area contributed by atoms with Crippen LogP contribution in [0.5, 0.6) is 0 Å². The molecule has 2 heterocycles. The van der Waals surface area contributed by atoms with Crippen molar-refractivity contribution in [2.75, 3.05) is 11.9 Å². The lowest BCUT2D eigenvalue weighted by molar-refractivity contribution is 0.0948. The van der Waals surface area contributed by atoms with Crippen LogP contribution < -0.4 is 10.6 Å². The molecular formula is C22H22N4O2. The predicted molar refractivity (Wildman–Crippen MR) is 109 cm³/mol. The fourth-order valence-corrected chi connectivity index (χ4v) is 2.56. The third-order valence-corrected chi connectivity index (χ3v) is 4.06. The summed E-state index contributed by atoms with van der Waals surface area (Å²) in [6.07, 6.45) is 4.78. The lowest BCUT2D eigenvalue weighted by Gasteiger charge is -2.09. The van der Waals surface area contributed by atoms with Crippen molar-refractivity contribution in [3.63, 3.8) is 0 Å². The molecule has 0 bridgehead atoms. The number of hydrogen-bond donors (Lipinski definition) is 2. The van der Waals surface area contributed by atoms with Gasteiger partial charge in [0.05, 0.1) is 5.56 Å². The number of amides is 2. The minimum absolute atomic E-state index is 0.0936. The summed E-state index contributed by atoms with van der Waals surface area (Å²) in [6, 6.07) is 14.4. The van der Waals surface area contributed by atoms with E-state index in [9.17, 15) is 9.59 Å². The number of anilines is 1. The molecule has 0 fully saturated rings. The van der Waals surface area contributed by atoms with E-state index in [-0.39, 0.29) is 11.8 Å². The van der Waals surface area contributed by atoms with Crippen molar-refractivity contribution in [1.29, 1.82) is 0 Å². The number of pyridine rings is 2. The Morgan fingerprint density at radius 2 is 1.75 bits per heavy atom. The molecule has 0 saturated heterocycles. The van der Waals surface area contributed by atoms with Gasteiger partial charge in [0.25, 0.3) is 11.8 Å². The Balaban J connectivity index is 1.70. The minimum atomic E-state index is -0.267. The van der Waals surface area contributed by atoms with Crippen LogP contribution in [0.25, 0.3) is 11.1 Å². The highest BCUT2D eigenvalue weighted by molar-refractivity contribution is 6.03. The van der Waals surface area contributed by atoms with Crippen LogP contribution in [-0.4, -0.2) is 28.3 Å². The first-order chi connectivity index (χ1) is 13.5. The monoisotopic (exact) mass is 374 g/mol. The highest BCUT2D eigenvalue weighted by Crippen LogP contribution is 2.21. The molecule has 3 aromatic rings. The maximum Gasteiger partial charge on any atom is 0.258 e. The molecule has 0 aliphatic heterocycles. The molecule has 2 aromatic heterocycles. The Kier molecular flexibility index (Phi) is 6.11. The Bertz CT molecular complexity index is 954. The molecule has 3 rings (SSSR count). The molecule has 0 saturated carbocycles. The Morgan fingerprint density at radius 1 is 0.929 bits per heavy atom. The molecular weight excluding hydrogens is 352 g/mol. The topological polar surface area (TPSA) is 84.0 Å². The highest BCUT2D eigenvalue weighted by atomic mass is 16.2. The van der Waals surface area contributed by atoms with Crippen molar-refractivity contribution in [1.82, 2.24) is 15.3 Å². The molecule has 0 aliphatic rings. The smallest absolute Gasteiger partial charge is 0.258 e. The minimum Gasteiger partial charge on any atom is -0.352 e. The molecule has 2 N–H and O–H groups in total. The number of nitrogens with one attached hydrogen (secondary N) is 2. The zero-order chi connectivity index (χ0) is 19.9. The number of carbonyl (C=O) groups excluding carboxylic acids is 2. The first kappa shape index (κ1) is 19.2. The van der Waals surface area contributed by atoms with E-state index in [0.717, 1.165) is 11.1 Å². The van der Waals surface area contributed by atoms with E-state index in [1.807, 2.05) is 24.3 Å². The zero-order valence-corrected chi connectivity index (χ0v) is 15.8. The number of benzene rings is 1. The highest BCUT2D eigenvalue weighted by Gasteiger charge is 2.09. The van der Waals surface area contributed by atoms with Crippen LogP contribution >= 0.6 is 0 Å². The van der Waals surface area contributed by atoms with Gasteiger partial charge < -0.3 is 10.6 Å². The second-order valence-electron chi connectivity index (χ2n) is 6.81. The SMILES string of the molecule is CC(C)CNC(=O)c1cccc(-c2ccc(NC(=O)c3cccnc3)nc2)c1. The normalized spacial score (nSPS) is 10.5. The Morgan fingerprint density at radius 3 is 2.43 bits per heavy atom. The van der Waals surface area contributed by atoms with E-state index in [1.165, 1.54) is 6.20 Å². The van der Waals surface area contributed by atoms with Crippen LogP contribution in [0, 0.1) is 5.92 Å². The number of carbonyl (C=O) groups is 2. The number of hydrogen-bond acceptors (Lipinski definition) is 4.